The quantitative estimate of drug-likeness (QED) is 0.876. The van der Waals surface area contributed by atoms with E-state index in [0.717, 1.165) is 5.82 Å². The predicted octanol–water partition coefficient (Wildman–Crippen LogP) is 2.82. The maximum absolute atomic E-state index is 12.1. The van der Waals surface area contributed by atoms with Crippen LogP contribution in [0.15, 0.2) is 18.3 Å². The molecule has 1 heterocycles. The number of hydrogen-bond acceptors (Lipinski definition) is 3. The fourth-order valence-electron chi connectivity index (χ4n) is 2.72. The predicted molar refractivity (Wildman–Crippen MR) is 77.3 cm³/mol. The molecule has 4 heteroatoms. The minimum atomic E-state index is -0.0202. The second-order valence-electron chi connectivity index (χ2n) is 5.34. The van der Waals surface area contributed by atoms with Gasteiger partial charge in [0.15, 0.2) is 0 Å². The molecule has 104 valence electrons. The summed E-state index contributed by atoms with van der Waals surface area (Å²) in [5, 5.41) is 6.05. The van der Waals surface area contributed by atoms with Crippen molar-refractivity contribution in [1.29, 1.82) is 0 Å². The van der Waals surface area contributed by atoms with Gasteiger partial charge in [-0.05, 0) is 37.8 Å². The zero-order valence-corrected chi connectivity index (χ0v) is 11.8. The van der Waals surface area contributed by atoms with E-state index in [1.165, 1.54) is 32.1 Å². The van der Waals surface area contributed by atoms with E-state index in [4.69, 9.17) is 0 Å². The molecule has 0 saturated heterocycles. The van der Waals surface area contributed by atoms with Crippen molar-refractivity contribution >= 4 is 11.7 Å². The SMILES string of the molecule is CNc1ccc(C(=O)NC(C)C2CCCCC2)cn1. The van der Waals surface area contributed by atoms with Crippen LogP contribution in [0.2, 0.25) is 0 Å². The van der Waals surface area contributed by atoms with Gasteiger partial charge in [0, 0.05) is 19.3 Å². The average molecular weight is 261 g/mol. The van der Waals surface area contributed by atoms with E-state index in [1.807, 2.05) is 19.2 Å². The van der Waals surface area contributed by atoms with E-state index in [9.17, 15) is 4.79 Å². The van der Waals surface area contributed by atoms with Crippen LogP contribution in [-0.4, -0.2) is 24.0 Å². The number of nitrogens with zero attached hydrogens (tertiary/aromatic N) is 1. The average Bonchev–Trinajstić information content (AvgIpc) is 2.48. The minimum absolute atomic E-state index is 0.0202. The topological polar surface area (TPSA) is 54.0 Å². The van der Waals surface area contributed by atoms with E-state index < -0.39 is 0 Å². The largest absolute Gasteiger partial charge is 0.373 e. The van der Waals surface area contributed by atoms with Gasteiger partial charge in [-0.15, -0.1) is 0 Å². The smallest absolute Gasteiger partial charge is 0.253 e. The van der Waals surface area contributed by atoms with Crippen molar-refractivity contribution in [1.82, 2.24) is 10.3 Å². The lowest BCUT2D eigenvalue weighted by atomic mass is 9.84. The zero-order valence-electron chi connectivity index (χ0n) is 11.8. The lowest BCUT2D eigenvalue weighted by Gasteiger charge is -2.28. The molecule has 1 fully saturated rings. The highest BCUT2D eigenvalue weighted by Crippen LogP contribution is 2.26. The van der Waals surface area contributed by atoms with E-state index in [0.29, 0.717) is 11.5 Å². The van der Waals surface area contributed by atoms with E-state index in [1.54, 1.807) is 6.20 Å². The van der Waals surface area contributed by atoms with Crippen LogP contribution in [0.4, 0.5) is 5.82 Å². The van der Waals surface area contributed by atoms with E-state index in [-0.39, 0.29) is 11.9 Å². The molecule has 1 aromatic heterocycles. The van der Waals surface area contributed by atoms with Crippen LogP contribution in [0.5, 0.6) is 0 Å². The van der Waals surface area contributed by atoms with E-state index in [2.05, 4.69) is 22.5 Å². The third-order valence-corrected chi connectivity index (χ3v) is 4.00. The fourth-order valence-corrected chi connectivity index (χ4v) is 2.72. The maximum atomic E-state index is 12.1. The third kappa shape index (κ3) is 3.69. The first kappa shape index (κ1) is 13.8. The molecule has 0 aromatic carbocycles. The van der Waals surface area contributed by atoms with Crippen molar-refractivity contribution in [2.75, 3.05) is 12.4 Å². The summed E-state index contributed by atoms with van der Waals surface area (Å²) in [4.78, 5) is 16.3. The van der Waals surface area contributed by atoms with Gasteiger partial charge in [-0.25, -0.2) is 4.98 Å². The van der Waals surface area contributed by atoms with E-state index >= 15 is 0 Å². The van der Waals surface area contributed by atoms with Gasteiger partial charge in [0.25, 0.3) is 5.91 Å². The highest BCUT2D eigenvalue weighted by molar-refractivity contribution is 5.94. The van der Waals surface area contributed by atoms with Crippen molar-refractivity contribution < 1.29 is 4.79 Å². The number of nitrogens with one attached hydrogen (secondary N) is 2. The Morgan fingerprint density at radius 2 is 2.05 bits per heavy atom. The molecule has 19 heavy (non-hydrogen) atoms. The molecular formula is C15H23N3O. The Hall–Kier alpha value is -1.58. The number of pyridine rings is 1. The van der Waals surface area contributed by atoms with Gasteiger partial charge >= 0.3 is 0 Å². The Bertz CT molecular complexity index is 410. The first-order chi connectivity index (χ1) is 9.20. The Balaban J connectivity index is 1.91. The molecule has 1 aliphatic carbocycles. The second kappa shape index (κ2) is 6.55. The fraction of sp³-hybridized carbons (Fsp3) is 0.600. The molecule has 1 aliphatic rings. The molecule has 1 unspecified atom stereocenters. The van der Waals surface area contributed by atoms with Crippen LogP contribution >= 0.6 is 0 Å². The van der Waals surface area contributed by atoms with Crippen LogP contribution in [0.3, 0.4) is 0 Å². The summed E-state index contributed by atoms with van der Waals surface area (Å²) in [6.45, 7) is 2.11. The molecule has 1 aromatic rings. The van der Waals surface area contributed by atoms with Gasteiger partial charge in [0.05, 0.1) is 5.56 Å². The second-order valence-corrected chi connectivity index (χ2v) is 5.34. The molecule has 0 radical (unpaired) electrons. The van der Waals surface area contributed by atoms with Crippen molar-refractivity contribution in [3.05, 3.63) is 23.9 Å². The Labute approximate surface area is 115 Å². The van der Waals surface area contributed by atoms with Gasteiger partial charge in [-0.1, -0.05) is 19.3 Å². The number of carbonyl (C=O) groups is 1. The number of carbonyl (C=O) groups excluding carboxylic acids is 1. The normalized spacial score (nSPS) is 17.8. The lowest BCUT2D eigenvalue weighted by Crippen LogP contribution is -2.38. The number of rotatable bonds is 4. The van der Waals surface area contributed by atoms with Crippen LogP contribution < -0.4 is 10.6 Å². The first-order valence-corrected chi connectivity index (χ1v) is 7.15. The van der Waals surface area contributed by atoms with Gasteiger partial charge in [-0.3, -0.25) is 4.79 Å². The Morgan fingerprint density at radius 1 is 1.32 bits per heavy atom. The lowest BCUT2D eigenvalue weighted by molar-refractivity contribution is 0.0919. The number of hydrogen-bond donors (Lipinski definition) is 2. The summed E-state index contributed by atoms with van der Waals surface area (Å²) in [6.07, 6.45) is 8.02. The first-order valence-electron chi connectivity index (χ1n) is 7.15. The summed E-state index contributed by atoms with van der Waals surface area (Å²) in [6, 6.07) is 3.87. The van der Waals surface area contributed by atoms with Crippen LogP contribution in [0.25, 0.3) is 0 Å². The highest BCUT2D eigenvalue weighted by Gasteiger charge is 2.21. The maximum Gasteiger partial charge on any atom is 0.253 e. The van der Waals surface area contributed by atoms with Crippen LogP contribution in [0, 0.1) is 5.92 Å². The summed E-state index contributed by atoms with van der Waals surface area (Å²) < 4.78 is 0. The molecule has 2 N–H and O–H groups in total. The number of amides is 1. The third-order valence-electron chi connectivity index (χ3n) is 4.00. The monoisotopic (exact) mass is 261 g/mol. The van der Waals surface area contributed by atoms with Crippen LogP contribution in [-0.2, 0) is 0 Å². The molecule has 1 saturated carbocycles. The Kier molecular flexibility index (Phi) is 4.77. The standard InChI is InChI=1S/C15H23N3O/c1-11(12-6-4-3-5-7-12)18-15(19)13-8-9-14(16-2)17-10-13/h8-12H,3-7H2,1-2H3,(H,16,17)(H,18,19). The molecule has 1 amide bonds. The minimum Gasteiger partial charge on any atom is -0.373 e. The Morgan fingerprint density at radius 3 is 2.63 bits per heavy atom. The summed E-state index contributed by atoms with van der Waals surface area (Å²) in [5.74, 6) is 1.38. The highest BCUT2D eigenvalue weighted by atomic mass is 16.1. The van der Waals surface area contributed by atoms with Gasteiger partial charge in [0.1, 0.15) is 5.82 Å². The summed E-state index contributed by atoms with van der Waals surface area (Å²) in [7, 11) is 1.81. The van der Waals surface area contributed by atoms with Gasteiger partial charge < -0.3 is 10.6 Å². The molecule has 2 rings (SSSR count). The van der Waals surface area contributed by atoms with Crippen molar-refractivity contribution in [3.63, 3.8) is 0 Å². The molecule has 4 nitrogen and oxygen atoms in total. The van der Waals surface area contributed by atoms with Gasteiger partial charge in [-0.2, -0.15) is 0 Å². The molecule has 0 spiro atoms. The molecule has 1 atom stereocenters. The zero-order chi connectivity index (χ0) is 13.7. The van der Waals surface area contributed by atoms with Gasteiger partial charge in [0.2, 0.25) is 0 Å². The molecule has 0 bridgehead atoms. The molecule has 0 aliphatic heterocycles. The molecular weight excluding hydrogens is 238 g/mol. The van der Waals surface area contributed by atoms with Crippen molar-refractivity contribution in [2.24, 2.45) is 5.92 Å². The van der Waals surface area contributed by atoms with Crippen LogP contribution in [0.1, 0.15) is 49.4 Å². The number of anilines is 1. The van der Waals surface area contributed by atoms with Crippen molar-refractivity contribution in [2.45, 2.75) is 45.1 Å². The summed E-state index contributed by atoms with van der Waals surface area (Å²) in [5.41, 5.74) is 0.627. The summed E-state index contributed by atoms with van der Waals surface area (Å²) >= 11 is 0. The van der Waals surface area contributed by atoms with Crippen molar-refractivity contribution in [3.8, 4) is 0 Å². The number of aromatic nitrogens is 1.